The summed E-state index contributed by atoms with van der Waals surface area (Å²) in [6.45, 7) is 8.71. The third-order valence-corrected chi connectivity index (χ3v) is 6.52. The molecule has 1 heterocycles. The van der Waals surface area contributed by atoms with Crippen LogP contribution in [0.15, 0.2) is 72.8 Å². The molecule has 0 radical (unpaired) electrons. The SMILES string of the molecule is CN1CCC(Oc2ccc(Cc3ccc(NC(=O)c4ccc(C(C)(C)C)cc4)cc3)cc2)CC1. The largest absolute Gasteiger partial charge is 0.490 e. The predicted molar refractivity (Wildman–Crippen MR) is 140 cm³/mol. The maximum Gasteiger partial charge on any atom is 0.255 e. The summed E-state index contributed by atoms with van der Waals surface area (Å²) in [5, 5.41) is 3.00. The van der Waals surface area contributed by atoms with Gasteiger partial charge in [-0.05, 0) is 84.8 Å². The topological polar surface area (TPSA) is 41.6 Å². The van der Waals surface area contributed by atoms with Gasteiger partial charge in [0, 0.05) is 24.3 Å². The molecule has 0 aliphatic carbocycles. The van der Waals surface area contributed by atoms with Gasteiger partial charge in [0.1, 0.15) is 11.9 Å². The molecule has 4 nitrogen and oxygen atoms in total. The number of nitrogens with zero attached hydrogens (tertiary/aromatic N) is 1. The Balaban J connectivity index is 1.30. The van der Waals surface area contributed by atoms with Crippen molar-refractivity contribution in [2.24, 2.45) is 0 Å². The molecule has 1 aliphatic rings. The highest BCUT2D eigenvalue weighted by Crippen LogP contribution is 2.23. The summed E-state index contributed by atoms with van der Waals surface area (Å²) in [5.41, 5.74) is 5.21. The number of hydrogen-bond acceptors (Lipinski definition) is 3. The number of amides is 1. The first-order chi connectivity index (χ1) is 16.3. The highest BCUT2D eigenvalue weighted by Gasteiger charge is 2.18. The molecule has 1 saturated heterocycles. The average molecular weight is 457 g/mol. The molecular formula is C30H36N2O2. The van der Waals surface area contributed by atoms with Crippen molar-refractivity contribution >= 4 is 11.6 Å². The Labute approximate surface area is 204 Å². The van der Waals surface area contributed by atoms with Crippen LogP contribution >= 0.6 is 0 Å². The Morgan fingerprint density at radius 2 is 1.44 bits per heavy atom. The quantitative estimate of drug-likeness (QED) is 0.473. The lowest BCUT2D eigenvalue weighted by atomic mass is 9.87. The van der Waals surface area contributed by atoms with Gasteiger partial charge in [-0.3, -0.25) is 4.79 Å². The standard InChI is InChI=1S/C30H36N2O2/c1-30(2,3)25-11-9-24(10-12-25)29(33)31-26-13-5-22(6-14-26)21-23-7-15-27(16-8-23)34-28-17-19-32(4)20-18-28/h5-16,28H,17-21H2,1-4H3,(H,31,33). The van der Waals surface area contributed by atoms with Gasteiger partial charge in [-0.25, -0.2) is 0 Å². The highest BCUT2D eigenvalue weighted by atomic mass is 16.5. The number of hydrogen-bond donors (Lipinski definition) is 1. The molecule has 3 aromatic rings. The molecule has 1 amide bonds. The first-order valence-corrected chi connectivity index (χ1v) is 12.2. The fourth-order valence-corrected chi connectivity index (χ4v) is 4.25. The lowest BCUT2D eigenvalue weighted by molar-refractivity contribution is 0.102. The predicted octanol–water partition coefficient (Wildman–Crippen LogP) is 6.30. The number of carbonyl (C=O) groups is 1. The molecule has 3 aromatic carbocycles. The smallest absolute Gasteiger partial charge is 0.255 e. The summed E-state index contributed by atoms with van der Waals surface area (Å²) in [6.07, 6.45) is 3.34. The number of anilines is 1. The van der Waals surface area contributed by atoms with Gasteiger partial charge in [-0.2, -0.15) is 0 Å². The Hall–Kier alpha value is -3.11. The molecule has 4 heteroatoms. The normalized spacial score (nSPS) is 15.2. The number of likely N-dealkylation sites (tertiary alicyclic amines) is 1. The van der Waals surface area contributed by atoms with Crippen LogP contribution in [0.2, 0.25) is 0 Å². The lowest BCUT2D eigenvalue weighted by Crippen LogP contribution is -2.35. The Morgan fingerprint density at radius 1 is 0.882 bits per heavy atom. The van der Waals surface area contributed by atoms with Crippen molar-refractivity contribution in [1.29, 1.82) is 0 Å². The van der Waals surface area contributed by atoms with Crippen molar-refractivity contribution < 1.29 is 9.53 Å². The van der Waals surface area contributed by atoms with Crippen molar-refractivity contribution in [2.45, 2.75) is 51.6 Å². The Morgan fingerprint density at radius 3 is 2.00 bits per heavy atom. The van der Waals surface area contributed by atoms with Gasteiger partial charge in [-0.1, -0.05) is 57.2 Å². The van der Waals surface area contributed by atoms with Crippen LogP contribution < -0.4 is 10.1 Å². The zero-order valence-corrected chi connectivity index (χ0v) is 20.8. The number of piperidine rings is 1. The van der Waals surface area contributed by atoms with Crippen LogP contribution in [-0.4, -0.2) is 37.0 Å². The van der Waals surface area contributed by atoms with E-state index in [4.69, 9.17) is 4.74 Å². The summed E-state index contributed by atoms with van der Waals surface area (Å²) in [5.74, 6) is 0.861. The maximum atomic E-state index is 12.6. The van der Waals surface area contributed by atoms with Crippen molar-refractivity contribution in [2.75, 3.05) is 25.5 Å². The fraction of sp³-hybridized carbons (Fsp3) is 0.367. The van der Waals surface area contributed by atoms with E-state index in [1.165, 1.54) is 16.7 Å². The number of carbonyl (C=O) groups excluding carboxylic acids is 1. The van der Waals surface area contributed by atoms with Crippen molar-refractivity contribution in [3.8, 4) is 5.75 Å². The van der Waals surface area contributed by atoms with E-state index in [1.807, 2.05) is 36.4 Å². The van der Waals surface area contributed by atoms with Gasteiger partial charge in [0.25, 0.3) is 5.91 Å². The minimum absolute atomic E-state index is 0.0743. The molecule has 34 heavy (non-hydrogen) atoms. The fourth-order valence-electron chi connectivity index (χ4n) is 4.25. The molecule has 0 atom stereocenters. The van der Waals surface area contributed by atoms with E-state index in [1.54, 1.807) is 0 Å². The molecule has 0 spiro atoms. The maximum absolute atomic E-state index is 12.6. The second kappa shape index (κ2) is 10.4. The first kappa shape index (κ1) is 24.0. The van der Waals surface area contributed by atoms with E-state index >= 15 is 0 Å². The number of rotatable bonds is 6. The van der Waals surface area contributed by atoms with Crippen LogP contribution in [0.5, 0.6) is 5.75 Å². The van der Waals surface area contributed by atoms with Crippen LogP contribution in [0.4, 0.5) is 5.69 Å². The third kappa shape index (κ3) is 6.48. The zero-order valence-electron chi connectivity index (χ0n) is 20.8. The summed E-state index contributed by atoms with van der Waals surface area (Å²) >= 11 is 0. The van der Waals surface area contributed by atoms with E-state index in [0.717, 1.165) is 43.8 Å². The van der Waals surface area contributed by atoms with E-state index in [-0.39, 0.29) is 11.3 Å². The summed E-state index contributed by atoms with van der Waals surface area (Å²) in [7, 11) is 2.16. The third-order valence-electron chi connectivity index (χ3n) is 6.52. The minimum Gasteiger partial charge on any atom is -0.490 e. The molecule has 1 fully saturated rings. The highest BCUT2D eigenvalue weighted by molar-refractivity contribution is 6.04. The molecule has 178 valence electrons. The number of ether oxygens (including phenoxy) is 1. The second-order valence-corrected chi connectivity index (χ2v) is 10.4. The van der Waals surface area contributed by atoms with Gasteiger partial charge in [0.2, 0.25) is 0 Å². The second-order valence-electron chi connectivity index (χ2n) is 10.4. The molecule has 0 saturated carbocycles. The van der Waals surface area contributed by atoms with Crippen LogP contribution in [0.1, 0.15) is 60.7 Å². The number of nitrogens with one attached hydrogen (secondary N) is 1. The zero-order chi connectivity index (χ0) is 24.1. The summed E-state index contributed by atoms with van der Waals surface area (Å²) < 4.78 is 6.15. The molecule has 1 N–H and O–H groups in total. The monoisotopic (exact) mass is 456 g/mol. The summed E-state index contributed by atoms with van der Waals surface area (Å²) in [4.78, 5) is 15.0. The van der Waals surface area contributed by atoms with E-state index < -0.39 is 0 Å². The van der Waals surface area contributed by atoms with Crippen LogP contribution in [0.3, 0.4) is 0 Å². The minimum atomic E-state index is -0.0894. The van der Waals surface area contributed by atoms with Crippen LogP contribution in [-0.2, 0) is 11.8 Å². The van der Waals surface area contributed by atoms with E-state index in [2.05, 4.69) is 74.4 Å². The Bertz CT molecular complexity index is 1070. The molecule has 4 rings (SSSR count). The molecular weight excluding hydrogens is 420 g/mol. The van der Waals surface area contributed by atoms with Crippen molar-refractivity contribution in [3.05, 3.63) is 95.1 Å². The lowest BCUT2D eigenvalue weighted by Gasteiger charge is -2.29. The van der Waals surface area contributed by atoms with Crippen molar-refractivity contribution in [1.82, 2.24) is 4.90 Å². The van der Waals surface area contributed by atoms with Gasteiger partial charge in [-0.15, -0.1) is 0 Å². The van der Waals surface area contributed by atoms with Crippen LogP contribution in [0, 0.1) is 0 Å². The average Bonchev–Trinajstić information content (AvgIpc) is 2.82. The van der Waals surface area contributed by atoms with Gasteiger partial charge < -0.3 is 15.0 Å². The molecule has 1 aliphatic heterocycles. The van der Waals surface area contributed by atoms with Gasteiger partial charge >= 0.3 is 0 Å². The number of benzene rings is 3. The van der Waals surface area contributed by atoms with Gasteiger partial charge in [0.15, 0.2) is 0 Å². The van der Waals surface area contributed by atoms with E-state index in [0.29, 0.717) is 11.7 Å². The van der Waals surface area contributed by atoms with Crippen molar-refractivity contribution in [3.63, 3.8) is 0 Å². The van der Waals surface area contributed by atoms with Gasteiger partial charge in [0.05, 0.1) is 0 Å². The molecule has 0 bridgehead atoms. The van der Waals surface area contributed by atoms with E-state index in [9.17, 15) is 4.79 Å². The Kier molecular flexibility index (Phi) is 7.38. The summed E-state index contributed by atoms with van der Waals surface area (Å²) in [6, 6.07) is 24.4. The first-order valence-electron chi connectivity index (χ1n) is 12.2. The molecule has 0 unspecified atom stereocenters. The molecule has 0 aromatic heterocycles. The van der Waals surface area contributed by atoms with Crippen LogP contribution in [0.25, 0.3) is 0 Å².